The number of likely N-dealkylation sites (tertiary alicyclic amines) is 1. The largest absolute Gasteiger partial charge is 0.389 e. The molecular formula is C15H23N3OS. The van der Waals surface area contributed by atoms with Crippen LogP contribution in [-0.2, 0) is 6.42 Å². The molecule has 110 valence electrons. The van der Waals surface area contributed by atoms with Crippen LogP contribution in [0.1, 0.15) is 38.8 Å². The molecule has 0 radical (unpaired) electrons. The summed E-state index contributed by atoms with van der Waals surface area (Å²) >= 11 is 1.64. The Kier molecular flexibility index (Phi) is 3.84. The summed E-state index contributed by atoms with van der Waals surface area (Å²) in [5.74, 6) is 0. The molecule has 4 nitrogen and oxygen atoms in total. The van der Waals surface area contributed by atoms with Crippen molar-refractivity contribution < 1.29 is 5.11 Å². The van der Waals surface area contributed by atoms with Crippen molar-refractivity contribution in [3.8, 4) is 0 Å². The standard InChI is InChI=1S/C15H23N3OS/c1-12(2)17-6-3-4-15(19,5-7-17)10-13-11-18-8-9-20-14(18)16-13/h8-9,11-12,19H,3-7,10H2,1-2H3. The van der Waals surface area contributed by atoms with E-state index in [4.69, 9.17) is 0 Å². The fourth-order valence-corrected chi connectivity index (χ4v) is 3.81. The van der Waals surface area contributed by atoms with Gasteiger partial charge in [0.15, 0.2) is 4.96 Å². The molecular weight excluding hydrogens is 270 g/mol. The molecule has 1 N–H and O–H groups in total. The molecule has 3 rings (SSSR count). The summed E-state index contributed by atoms with van der Waals surface area (Å²) in [6.07, 6.45) is 7.53. The van der Waals surface area contributed by atoms with Crippen molar-refractivity contribution in [2.45, 2.75) is 51.2 Å². The molecule has 2 aromatic heterocycles. The minimum Gasteiger partial charge on any atom is -0.389 e. The van der Waals surface area contributed by atoms with Gasteiger partial charge in [-0.15, -0.1) is 11.3 Å². The highest BCUT2D eigenvalue weighted by Crippen LogP contribution is 2.27. The monoisotopic (exact) mass is 293 g/mol. The lowest BCUT2D eigenvalue weighted by Gasteiger charge is -2.27. The predicted octanol–water partition coefficient (Wildman–Crippen LogP) is 2.56. The molecule has 20 heavy (non-hydrogen) atoms. The highest BCUT2D eigenvalue weighted by molar-refractivity contribution is 7.15. The molecule has 0 aliphatic carbocycles. The Bertz CT molecular complexity index is 548. The van der Waals surface area contributed by atoms with Gasteiger partial charge in [0.2, 0.25) is 0 Å². The molecule has 5 heteroatoms. The Balaban J connectivity index is 1.70. The lowest BCUT2D eigenvalue weighted by Crippen LogP contribution is -2.35. The summed E-state index contributed by atoms with van der Waals surface area (Å²) in [5, 5.41) is 12.9. The van der Waals surface area contributed by atoms with Gasteiger partial charge in [-0.1, -0.05) is 0 Å². The van der Waals surface area contributed by atoms with Gasteiger partial charge in [0.25, 0.3) is 0 Å². The minimum absolute atomic E-state index is 0.565. The van der Waals surface area contributed by atoms with E-state index in [1.54, 1.807) is 11.3 Å². The molecule has 0 spiro atoms. The van der Waals surface area contributed by atoms with Crippen LogP contribution in [0.25, 0.3) is 4.96 Å². The number of fused-ring (bicyclic) bond motifs is 1. The summed E-state index contributed by atoms with van der Waals surface area (Å²) in [4.78, 5) is 8.08. The highest BCUT2D eigenvalue weighted by atomic mass is 32.1. The lowest BCUT2D eigenvalue weighted by molar-refractivity contribution is 0.0241. The maximum Gasteiger partial charge on any atom is 0.193 e. The zero-order chi connectivity index (χ0) is 14.2. The number of thiazole rings is 1. The Labute approximate surface area is 124 Å². The van der Waals surface area contributed by atoms with E-state index in [0.29, 0.717) is 12.5 Å². The highest BCUT2D eigenvalue weighted by Gasteiger charge is 2.31. The van der Waals surface area contributed by atoms with E-state index < -0.39 is 5.60 Å². The molecule has 0 bridgehead atoms. The molecule has 1 atom stereocenters. The number of hydrogen-bond acceptors (Lipinski definition) is 4. The summed E-state index contributed by atoms with van der Waals surface area (Å²) in [5.41, 5.74) is 0.422. The Morgan fingerprint density at radius 2 is 2.25 bits per heavy atom. The maximum absolute atomic E-state index is 10.9. The van der Waals surface area contributed by atoms with Crippen LogP contribution in [0.15, 0.2) is 17.8 Å². The van der Waals surface area contributed by atoms with Gasteiger partial charge < -0.3 is 10.0 Å². The normalized spacial score (nSPS) is 25.4. The van der Waals surface area contributed by atoms with Crippen LogP contribution in [0.5, 0.6) is 0 Å². The first-order valence-corrected chi connectivity index (χ1v) is 8.31. The third-order valence-corrected chi connectivity index (χ3v) is 5.11. The molecule has 0 aromatic carbocycles. The molecule has 1 aliphatic rings. The number of nitrogens with zero attached hydrogens (tertiary/aromatic N) is 3. The third-order valence-electron chi connectivity index (χ3n) is 4.34. The quantitative estimate of drug-likeness (QED) is 0.945. The third kappa shape index (κ3) is 2.90. The molecule has 2 aromatic rings. The number of aliphatic hydroxyl groups is 1. The SMILES string of the molecule is CC(C)N1CCCC(O)(Cc2cn3ccsc3n2)CC1. The summed E-state index contributed by atoms with van der Waals surface area (Å²) in [7, 11) is 0. The molecule has 3 heterocycles. The van der Waals surface area contributed by atoms with Gasteiger partial charge in [-0.25, -0.2) is 4.98 Å². The number of aromatic nitrogens is 2. The zero-order valence-corrected chi connectivity index (χ0v) is 13.1. The van der Waals surface area contributed by atoms with Gasteiger partial charge in [-0.2, -0.15) is 0 Å². The molecule has 1 unspecified atom stereocenters. The fourth-order valence-electron chi connectivity index (χ4n) is 3.09. The maximum atomic E-state index is 10.9. The Morgan fingerprint density at radius 3 is 3.00 bits per heavy atom. The fraction of sp³-hybridized carbons (Fsp3) is 0.667. The Hall–Kier alpha value is -0.910. The summed E-state index contributed by atoms with van der Waals surface area (Å²) < 4.78 is 2.04. The van der Waals surface area contributed by atoms with Crippen LogP contribution in [0, 0.1) is 0 Å². The van der Waals surface area contributed by atoms with Gasteiger partial charge in [0.05, 0.1) is 11.3 Å². The van der Waals surface area contributed by atoms with Gasteiger partial charge in [0, 0.05) is 36.8 Å². The predicted molar refractivity (Wildman–Crippen MR) is 82.3 cm³/mol. The number of hydrogen-bond donors (Lipinski definition) is 1. The van der Waals surface area contributed by atoms with E-state index >= 15 is 0 Å². The zero-order valence-electron chi connectivity index (χ0n) is 12.2. The summed E-state index contributed by atoms with van der Waals surface area (Å²) in [6, 6.07) is 0.565. The average Bonchev–Trinajstić information content (AvgIpc) is 2.87. The first-order chi connectivity index (χ1) is 9.56. The van der Waals surface area contributed by atoms with Crippen LogP contribution in [-0.4, -0.2) is 44.1 Å². The first kappa shape index (κ1) is 14.0. The van der Waals surface area contributed by atoms with Gasteiger partial charge in [0.1, 0.15) is 0 Å². The van der Waals surface area contributed by atoms with Crippen LogP contribution in [0.3, 0.4) is 0 Å². The topological polar surface area (TPSA) is 40.8 Å². The van der Waals surface area contributed by atoms with E-state index in [1.165, 1.54) is 0 Å². The lowest BCUT2D eigenvalue weighted by atomic mass is 9.90. The van der Waals surface area contributed by atoms with E-state index in [9.17, 15) is 5.11 Å². The minimum atomic E-state index is -0.590. The van der Waals surface area contributed by atoms with Crippen LogP contribution >= 0.6 is 11.3 Å². The number of imidazole rings is 1. The molecule has 1 aliphatic heterocycles. The molecule has 0 amide bonds. The van der Waals surface area contributed by atoms with Crippen molar-refractivity contribution in [3.63, 3.8) is 0 Å². The second kappa shape index (κ2) is 5.47. The summed E-state index contributed by atoms with van der Waals surface area (Å²) in [6.45, 7) is 6.54. The smallest absolute Gasteiger partial charge is 0.193 e. The van der Waals surface area contributed by atoms with Gasteiger partial charge >= 0.3 is 0 Å². The van der Waals surface area contributed by atoms with Gasteiger partial charge in [-0.3, -0.25) is 4.40 Å². The van der Waals surface area contributed by atoms with Crippen molar-refractivity contribution in [2.75, 3.05) is 13.1 Å². The molecule has 1 fully saturated rings. The van der Waals surface area contributed by atoms with Crippen LogP contribution < -0.4 is 0 Å². The molecule has 0 saturated carbocycles. The van der Waals surface area contributed by atoms with Crippen molar-refractivity contribution in [3.05, 3.63) is 23.5 Å². The van der Waals surface area contributed by atoms with Crippen LogP contribution in [0.2, 0.25) is 0 Å². The van der Waals surface area contributed by atoms with Crippen molar-refractivity contribution in [2.24, 2.45) is 0 Å². The van der Waals surface area contributed by atoms with Crippen molar-refractivity contribution in [1.82, 2.24) is 14.3 Å². The first-order valence-electron chi connectivity index (χ1n) is 7.43. The van der Waals surface area contributed by atoms with Crippen LogP contribution in [0.4, 0.5) is 0 Å². The van der Waals surface area contributed by atoms with Crippen molar-refractivity contribution >= 4 is 16.3 Å². The number of rotatable bonds is 3. The molecule has 1 saturated heterocycles. The van der Waals surface area contributed by atoms with Gasteiger partial charge in [-0.05, 0) is 39.7 Å². The van der Waals surface area contributed by atoms with E-state index in [2.05, 4.69) is 29.9 Å². The van der Waals surface area contributed by atoms with E-state index in [0.717, 1.165) is 43.0 Å². The average molecular weight is 293 g/mol. The van der Waals surface area contributed by atoms with Crippen molar-refractivity contribution in [1.29, 1.82) is 0 Å². The second-order valence-electron chi connectivity index (χ2n) is 6.21. The Morgan fingerprint density at radius 1 is 1.40 bits per heavy atom. The van der Waals surface area contributed by atoms with E-state index in [1.807, 2.05) is 16.0 Å². The second-order valence-corrected chi connectivity index (χ2v) is 7.08. The van der Waals surface area contributed by atoms with E-state index in [-0.39, 0.29) is 0 Å².